The van der Waals surface area contributed by atoms with E-state index < -0.39 is 5.82 Å². The summed E-state index contributed by atoms with van der Waals surface area (Å²) in [5.74, 6) is 0.149. The molecule has 2 heterocycles. The summed E-state index contributed by atoms with van der Waals surface area (Å²) in [4.78, 5) is 13.2. The summed E-state index contributed by atoms with van der Waals surface area (Å²) in [6.07, 6.45) is 1.62. The van der Waals surface area contributed by atoms with Crippen molar-refractivity contribution in [2.24, 2.45) is 0 Å². The number of nitrogens with zero attached hydrogens (tertiary/aromatic N) is 3. The Morgan fingerprint density at radius 1 is 0.969 bits per heavy atom. The predicted molar refractivity (Wildman–Crippen MR) is 128 cm³/mol. The third kappa shape index (κ3) is 3.76. The van der Waals surface area contributed by atoms with Gasteiger partial charge in [0.25, 0.3) is 0 Å². The summed E-state index contributed by atoms with van der Waals surface area (Å²) in [5, 5.41) is 3.36. The van der Waals surface area contributed by atoms with Gasteiger partial charge in [0.1, 0.15) is 16.2 Å². The van der Waals surface area contributed by atoms with Crippen LogP contribution in [-0.4, -0.2) is 22.1 Å². The highest BCUT2D eigenvalue weighted by Gasteiger charge is 2.19. The van der Waals surface area contributed by atoms with E-state index >= 15 is 4.39 Å². The zero-order valence-corrected chi connectivity index (χ0v) is 18.6. The average molecular weight is 462 g/mol. The molecule has 0 unspecified atom stereocenters. The number of thioether (sulfide) groups is 1. The van der Waals surface area contributed by atoms with Crippen LogP contribution in [0.3, 0.4) is 0 Å². The molecule has 2 aromatic heterocycles. The van der Waals surface area contributed by atoms with Crippen LogP contribution in [0, 0.1) is 5.82 Å². The second-order valence-electron chi connectivity index (χ2n) is 7.12. The van der Waals surface area contributed by atoms with E-state index in [4.69, 9.17) is 16.3 Å². The summed E-state index contributed by atoms with van der Waals surface area (Å²) in [5.41, 5.74) is 2.11. The van der Waals surface area contributed by atoms with Crippen molar-refractivity contribution < 1.29 is 9.13 Å². The Morgan fingerprint density at radius 2 is 1.75 bits per heavy atom. The molecular weight excluding hydrogens is 445 g/mol. The number of hydrogen-bond donors (Lipinski definition) is 0. The smallest absolute Gasteiger partial charge is 0.317 e. The van der Waals surface area contributed by atoms with Crippen molar-refractivity contribution in [3.05, 3.63) is 89.3 Å². The van der Waals surface area contributed by atoms with Gasteiger partial charge in [-0.25, -0.2) is 4.39 Å². The lowest BCUT2D eigenvalue weighted by Gasteiger charge is -2.12. The van der Waals surface area contributed by atoms with Crippen molar-refractivity contribution in [3.8, 4) is 17.3 Å². The van der Waals surface area contributed by atoms with Crippen molar-refractivity contribution in [1.82, 2.24) is 15.0 Å². The first-order valence-electron chi connectivity index (χ1n) is 9.90. The van der Waals surface area contributed by atoms with Crippen molar-refractivity contribution in [2.45, 2.75) is 10.8 Å². The van der Waals surface area contributed by atoms with Crippen LogP contribution in [0.2, 0.25) is 5.02 Å². The fourth-order valence-corrected chi connectivity index (χ4v) is 4.85. The quantitative estimate of drug-likeness (QED) is 0.209. The number of pyridine rings is 1. The summed E-state index contributed by atoms with van der Waals surface area (Å²) in [6.45, 7) is 0. The summed E-state index contributed by atoms with van der Waals surface area (Å²) in [7, 11) is 1.47. The van der Waals surface area contributed by atoms with Gasteiger partial charge in [-0.3, -0.25) is 4.98 Å². The highest BCUT2D eigenvalue weighted by molar-refractivity contribution is 7.98. The van der Waals surface area contributed by atoms with E-state index in [1.807, 2.05) is 60.7 Å². The van der Waals surface area contributed by atoms with Gasteiger partial charge in [0.05, 0.1) is 12.5 Å². The molecule has 0 fully saturated rings. The molecule has 0 N–H and O–H groups in total. The van der Waals surface area contributed by atoms with Gasteiger partial charge in [-0.15, -0.1) is 11.8 Å². The molecule has 0 aliphatic carbocycles. The van der Waals surface area contributed by atoms with Crippen LogP contribution >= 0.6 is 23.4 Å². The van der Waals surface area contributed by atoms with Crippen molar-refractivity contribution in [1.29, 1.82) is 0 Å². The molecule has 32 heavy (non-hydrogen) atoms. The van der Waals surface area contributed by atoms with Crippen LogP contribution in [-0.2, 0) is 5.75 Å². The second kappa shape index (κ2) is 8.73. The van der Waals surface area contributed by atoms with E-state index in [9.17, 15) is 0 Å². The third-order valence-electron chi connectivity index (χ3n) is 5.14. The molecule has 0 amide bonds. The van der Waals surface area contributed by atoms with Crippen LogP contribution in [0.25, 0.3) is 32.9 Å². The molecular formula is C25H17ClFN3OS. The highest BCUT2D eigenvalue weighted by atomic mass is 35.5. The standard InChI is InChI=1S/C25H17ClFN3OS/c1-31-25-29-23-18(24(30-25)32-14-15-7-3-2-4-8-15)13-28-22(21(23)27)17-11-5-9-16-10-6-12-19(26)20(16)17/h2-13H,14H2,1H3. The number of fused-ring (bicyclic) bond motifs is 2. The molecule has 0 atom stereocenters. The Hall–Kier alpha value is -3.22. The SMILES string of the molecule is COc1nc(SCc2ccccc2)c2cnc(-c3cccc4cccc(Cl)c34)c(F)c2n1. The van der Waals surface area contributed by atoms with Crippen LogP contribution in [0.15, 0.2) is 78.0 Å². The van der Waals surface area contributed by atoms with Gasteiger partial charge in [-0.1, -0.05) is 72.3 Å². The first-order chi connectivity index (χ1) is 15.7. The first kappa shape index (κ1) is 20.7. The number of rotatable bonds is 5. The van der Waals surface area contributed by atoms with Crippen molar-refractivity contribution >= 4 is 45.0 Å². The summed E-state index contributed by atoms with van der Waals surface area (Å²) < 4.78 is 21.1. The number of benzene rings is 3. The summed E-state index contributed by atoms with van der Waals surface area (Å²) in [6, 6.07) is 21.3. The molecule has 7 heteroatoms. The molecule has 0 saturated carbocycles. The first-order valence-corrected chi connectivity index (χ1v) is 11.3. The average Bonchev–Trinajstić information content (AvgIpc) is 2.83. The van der Waals surface area contributed by atoms with Crippen LogP contribution in [0.4, 0.5) is 4.39 Å². The lowest BCUT2D eigenvalue weighted by molar-refractivity contribution is 0.378. The van der Waals surface area contributed by atoms with Gasteiger partial charge >= 0.3 is 6.01 Å². The van der Waals surface area contributed by atoms with Gasteiger partial charge < -0.3 is 4.74 Å². The van der Waals surface area contributed by atoms with E-state index in [1.165, 1.54) is 18.9 Å². The van der Waals surface area contributed by atoms with Gasteiger partial charge in [0.2, 0.25) is 0 Å². The number of halogens is 2. The van der Waals surface area contributed by atoms with Crippen molar-refractivity contribution in [2.75, 3.05) is 7.11 Å². The van der Waals surface area contributed by atoms with E-state index in [-0.39, 0.29) is 17.2 Å². The maximum absolute atomic E-state index is 15.8. The maximum Gasteiger partial charge on any atom is 0.317 e. The molecule has 0 aliphatic rings. The summed E-state index contributed by atoms with van der Waals surface area (Å²) >= 11 is 7.94. The number of hydrogen-bond acceptors (Lipinski definition) is 5. The van der Waals surface area contributed by atoms with E-state index in [2.05, 4.69) is 15.0 Å². The Kier molecular flexibility index (Phi) is 5.64. The number of ether oxygens (including phenoxy) is 1. The van der Waals surface area contributed by atoms with Gasteiger partial charge in [-0.05, 0) is 17.0 Å². The van der Waals surface area contributed by atoms with E-state index in [0.29, 0.717) is 26.8 Å². The van der Waals surface area contributed by atoms with Gasteiger partial charge in [-0.2, -0.15) is 9.97 Å². The largest absolute Gasteiger partial charge is 0.467 e. The minimum absolute atomic E-state index is 0.111. The molecule has 0 saturated heterocycles. The Bertz CT molecular complexity index is 1440. The topological polar surface area (TPSA) is 47.9 Å². The molecule has 0 aliphatic heterocycles. The zero-order valence-electron chi connectivity index (χ0n) is 17.0. The normalized spacial score (nSPS) is 11.2. The fourth-order valence-electron chi connectivity index (χ4n) is 3.62. The molecule has 0 bridgehead atoms. The minimum atomic E-state index is -0.530. The molecule has 158 valence electrons. The fraction of sp³-hybridized carbons (Fsp3) is 0.0800. The molecule has 0 radical (unpaired) electrons. The van der Waals surface area contributed by atoms with Crippen LogP contribution in [0.1, 0.15) is 5.56 Å². The van der Waals surface area contributed by atoms with Crippen LogP contribution < -0.4 is 4.74 Å². The van der Waals surface area contributed by atoms with Crippen LogP contribution in [0.5, 0.6) is 6.01 Å². The Labute approximate surface area is 193 Å². The number of aromatic nitrogens is 3. The van der Waals surface area contributed by atoms with E-state index in [0.717, 1.165) is 16.3 Å². The third-order valence-corrected chi connectivity index (χ3v) is 6.52. The zero-order chi connectivity index (χ0) is 22.1. The van der Waals surface area contributed by atoms with Gasteiger partial charge in [0.15, 0.2) is 5.82 Å². The molecule has 5 rings (SSSR count). The van der Waals surface area contributed by atoms with Gasteiger partial charge in [0, 0.05) is 27.9 Å². The Morgan fingerprint density at radius 3 is 2.53 bits per heavy atom. The van der Waals surface area contributed by atoms with E-state index in [1.54, 1.807) is 12.3 Å². The maximum atomic E-state index is 15.8. The second-order valence-corrected chi connectivity index (χ2v) is 8.49. The lowest BCUT2D eigenvalue weighted by Crippen LogP contribution is -2.00. The lowest BCUT2D eigenvalue weighted by atomic mass is 10.0. The highest BCUT2D eigenvalue weighted by Crippen LogP contribution is 2.37. The molecule has 3 aromatic carbocycles. The molecule has 5 aromatic rings. The predicted octanol–water partition coefficient (Wildman–Crippen LogP) is 6.94. The minimum Gasteiger partial charge on any atom is -0.467 e. The molecule has 0 spiro atoms. The molecule has 4 nitrogen and oxygen atoms in total. The Balaban J connectivity index is 1.66. The van der Waals surface area contributed by atoms with Crippen molar-refractivity contribution in [3.63, 3.8) is 0 Å². The monoisotopic (exact) mass is 461 g/mol. The number of methoxy groups -OCH3 is 1.